The number of hydrogen-bond donors (Lipinski definition) is 4. The molecule has 1 aromatic rings. The number of methoxy groups -OCH3 is 1. The third kappa shape index (κ3) is 5.20. The summed E-state index contributed by atoms with van der Waals surface area (Å²) in [4.78, 5) is 23.4. The first-order valence-corrected chi connectivity index (χ1v) is 8.32. The van der Waals surface area contributed by atoms with E-state index in [4.69, 9.17) is 18.9 Å². The number of aliphatic hydroxyl groups excluding tert-OH is 3. The van der Waals surface area contributed by atoms with Crippen molar-refractivity contribution in [3.63, 3.8) is 0 Å². The van der Waals surface area contributed by atoms with Crippen molar-refractivity contribution in [1.29, 1.82) is 0 Å². The monoisotopic (exact) mass is 398 g/mol. The number of phenolic OH excluding ortho intramolecular Hbond substituents is 1. The number of hydrogen-bond acceptors (Lipinski definition) is 10. The molecule has 0 bridgehead atoms. The van der Waals surface area contributed by atoms with E-state index in [9.17, 15) is 30.0 Å². The van der Waals surface area contributed by atoms with Gasteiger partial charge in [0, 0.05) is 13.0 Å². The minimum Gasteiger partial charge on any atom is -0.504 e. The van der Waals surface area contributed by atoms with Crippen LogP contribution in [-0.4, -0.2) is 76.8 Å². The van der Waals surface area contributed by atoms with Gasteiger partial charge in [0.05, 0.1) is 13.7 Å². The van der Waals surface area contributed by atoms with Gasteiger partial charge in [-0.25, -0.2) is 4.79 Å². The van der Waals surface area contributed by atoms with Gasteiger partial charge in [0.15, 0.2) is 30.0 Å². The molecular weight excluding hydrogens is 376 g/mol. The standard InChI is InChI=1S/C18H22O10/c1-9(20)26-16-15(23)13(8-19)27-18(24)17(16)28-14(22)6-4-10-3-5-11(21)12(7-10)25-2/h3-7,13,15-19,21,23-24H,8H2,1-2H3/t13-,15-,16-,17+,18+/m0/s1. The maximum Gasteiger partial charge on any atom is 0.331 e. The highest BCUT2D eigenvalue weighted by Gasteiger charge is 2.48. The van der Waals surface area contributed by atoms with E-state index in [2.05, 4.69) is 0 Å². The van der Waals surface area contributed by atoms with Gasteiger partial charge in [-0.2, -0.15) is 0 Å². The lowest BCUT2D eigenvalue weighted by Gasteiger charge is -2.40. The fourth-order valence-corrected chi connectivity index (χ4v) is 2.65. The van der Waals surface area contributed by atoms with E-state index in [0.29, 0.717) is 5.56 Å². The highest BCUT2D eigenvalue weighted by Crippen LogP contribution is 2.27. The van der Waals surface area contributed by atoms with Gasteiger partial charge in [0.2, 0.25) is 0 Å². The van der Waals surface area contributed by atoms with Crippen LogP contribution >= 0.6 is 0 Å². The average molecular weight is 398 g/mol. The van der Waals surface area contributed by atoms with Gasteiger partial charge in [-0.3, -0.25) is 4.79 Å². The van der Waals surface area contributed by atoms with Gasteiger partial charge in [0.25, 0.3) is 0 Å². The molecule has 4 N–H and O–H groups in total. The third-order valence-corrected chi connectivity index (χ3v) is 3.99. The second kappa shape index (κ2) is 9.51. The minimum absolute atomic E-state index is 0.0682. The summed E-state index contributed by atoms with van der Waals surface area (Å²) in [6.45, 7) is 0.443. The van der Waals surface area contributed by atoms with Crippen molar-refractivity contribution >= 4 is 18.0 Å². The molecule has 0 saturated carbocycles. The molecule has 28 heavy (non-hydrogen) atoms. The first-order valence-electron chi connectivity index (χ1n) is 8.32. The zero-order chi connectivity index (χ0) is 20.8. The topological polar surface area (TPSA) is 152 Å². The Morgan fingerprint density at radius 1 is 1.21 bits per heavy atom. The van der Waals surface area contributed by atoms with E-state index in [-0.39, 0.29) is 11.5 Å². The van der Waals surface area contributed by atoms with Gasteiger partial charge < -0.3 is 39.4 Å². The minimum atomic E-state index is -1.73. The van der Waals surface area contributed by atoms with Crippen molar-refractivity contribution in [2.75, 3.05) is 13.7 Å². The number of carbonyl (C=O) groups is 2. The Morgan fingerprint density at radius 3 is 2.54 bits per heavy atom. The highest BCUT2D eigenvalue weighted by atomic mass is 16.7. The van der Waals surface area contributed by atoms with E-state index in [1.807, 2.05) is 0 Å². The molecule has 1 heterocycles. The Labute approximate surface area is 160 Å². The van der Waals surface area contributed by atoms with Crippen molar-refractivity contribution < 1.29 is 49.0 Å². The van der Waals surface area contributed by atoms with Crippen LogP contribution in [0.1, 0.15) is 12.5 Å². The van der Waals surface area contributed by atoms with Gasteiger partial charge in [-0.05, 0) is 23.8 Å². The molecule has 0 spiro atoms. The summed E-state index contributed by atoms with van der Waals surface area (Å²) in [6.07, 6.45) is -4.98. The molecule has 1 fully saturated rings. The number of aromatic hydroxyl groups is 1. The summed E-state index contributed by atoms with van der Waals surface area (Å²) in [5, 5.41) is 38.9. The quantitative estimate of drug-likeness (QED) is 0.358. The molecule has 1 saturated heterocycles. The largest absolute Gasteiger partial charge is 0.504 e. The third-order valence-electron chi connectivity index (χ3n) is 3.99. The first kappa shape index (κ1) is 21.6. The Hall–Kier alpha value is -2.66. The number of phenols is 1. The smallest absolute Gasteiger partial charge is 0.331 e. The Balaban J connectivity index is 2.12. The second-order valence-corrected chi connectivity index (χ2v) is 5.98. The van der Waals surface area contributed by atoms with Crippen molar-refractivity contribution in [3.05, 3.63) is 29.8 Å². The fourth-order valence-electron chi connectivity index (χ4n) is 2.65. The predicted molar refractivity (Wildman–Crippen MR) is 93.1 cm³/mol. The number of rotatable bonds is 6. The van der Waals surface area contributed by atoms with Crippen LogP contribution < -0.4 is 4.74 Å². The van der Waals surface area contributed by atoms with Crippen molar-refractivity contribution in [2.24, 2.45) is 0 Å². The zero-order valence-corrected chi connectivity index (χ0v) is 15.2. The molecule has 0 aromatic heterocycles. The average Bonchev–Trinajstić information content (AvgIpc) is 2.66. The second-order valence-electron chi connectivity index (χ2n) is 5.98. The number of carbonyl (C=O) groups excluding carboxylic acids is 2. The Morgan fingerprint density at radius 2 is 1.93 bits per heavy atom. The molecule has 10 heteroatoms. The molecular formula is C18H22O10. The molecule has 1 aliphatic rings. The zero-order valence-electron chi connectivity index (χ0n) is 15.2. The van der Waals surface area contributed by atoms with Crippen molar-refractivity contribution in [2.45, 2.75) is 37.6 Å². The summed E-state index contributed by atoms with van der Waals surface area (Å²) < 4.78 is 20.0. The molecule has 0 radical (unpaired) electrons. The molecule has 0 unspecified atom stereocenters. The fraction of sp³-hybridized carbons (Fsp3) is 0.444. The summed E-state index contributed by atoms with van der Waals surface area (Å²) in [5.41, 5.74) is 0.518. The van der Waals surface area contributed by atoms with Crippen LogP contribution in [0.4, 0.5) is 0 Å². The number of ether oxygens (including phenoxy) is 4. The number of esters is 2. The number of aliphatic hydroxyl groups is 3. The van der Waals surface area contributed by atoms with Gasteiger partial charge in [0.1, 0.15) is 12.2 Å². The van der Waals surface area contributed by atoms with E-state index >= 15 is 0 Å². The number of benzene rings is 1. The molecule has 1 aromatic carbocycles. The molecule has 10 nitrogen and oxygen atoms in total. The van der Waals surface area contributed by atoms with E-state index < -0.39 is 49.3 Å². The predicted octanol–water partition coefficient (Wildman–Crippen LogP) is -0.672. The first-order chi connectivity index (χ1) is 13.3. The van der Waals surface area contributed by atoms with E-state index in [1.165, 1.54) is 31.4 Å². The molecule has 5 atom stereocenters. The van der Waals surface area contributed by atoms with Crippen LogP contribution in [-0.2, 0) is 23.8 Å². The normalized spacial score (nSPS) is 27.4. The molecule has 1 aliphatic heterocycles. The van der Waals surface area contributed by atoms with Crippen molar-refractivity contribution in [1.82, 2.24) is 0 Å². The summed E-state index contributed by atoms with van der Waals surface area (Å²) in [6, 6.07) is 4.39. The van der Waals surface area contributed by atoms with Gasteiger partial charge in [-0.15, -0.1) is 0 Å². The van der Waals surface area contributed by atoms with Crippen LogP contribution in [0.2, 0.25) is 0 Å². The lowest BCUT2D eigenvalue weighted by Crippen LogP contribution is -2.61. The van der Waals surface area contributed by atoms with Crippen LogP contribution in [0, 0.1) is 0 Å². The maximum atomic E-state index is 12.1. The summed E-state index contributed by atoms with van der Waals surface area (Å²) in [5.74, 6) is -1.55. The lowest BCUT2D eigenvalue weighted by molar-refractivity contribution is -0.292. The molecule has 154 valence electrons. The molecule has 0 aliphatic carbocycles. The van der Waals surface area contributed by atoms with Crippen LogP contribution in [0.5, 0.6) is 11.5 Å². The Bertz CT molecular complexity index is 731. The Kier molecular flexibility index (Phi) is 7.35. The van der Waals surface area contributed by atoms with E-state index in [1.54, 1.807) is 0 Å². The molecule has 0 amide bonds. The van der Waals surface area contributed by atoms with Crippen LogP contribution in [0.25, 0.3) is 6.08 Å². The van der Waals surface area contributed by atoms with Gasteiger partial charge >= 0.3 is 11.9 Å². The van der Waals surface area contributed by atoms with Crippen LogP contribution in [0.3, 0.4) is 0 Å². The lowest BCUT2D eigenvalue weighted by atomic mass is 9.99. The maximum absolute atomic E-state index is 12.1. The van der Waals surface area contributed by atoms with Crippen LogP contribution in [0.15, 0.2) is 24.3 Å². The summed E-state index contributed by atoms with van der Waals surface area (Å²) in [7, 11) is 1.38. The van der Waals surface area contributed by atoms with Crippen molar-refractivity contribution in [3.8, 4) is 11.5 Å². The SMILES string of the molecule is COc1cc(C=CC(=O)O[C@@H]2[C@@H](OC(C)=O)[C@@H](O)[C@H](CO)O[C@H]2O)ccc1O. The summed E-state index contributed by atoms with van der Waals surface area (Å²) >= 11 is 0. The van der Waals surface area contributed by atoms with Gasteiger partial charge in [-0.1, -0.05) is 6.07 Å². The highest BCUT2D eigenvalue weighted by molar-refractivity contribution is 5.87. The molecule has 2 rings (SSSR count). The van der Waals surface area contributed by atoms with E-state index in [0.717, 1.165) is 13.0 Å².